The van der Waals surface area contributed by atoms with E-state index in [9.17, 15) is 13.6 Å². The molecule has 142 valence electrons. The first-order chi connectivity index (χ1) is 13.4. The number of fused-ring (bicyclic) bond motifs is 1. The number of rotatable bonds is 4. The molecule has 8 heteroatoms. The molecule has 0 saturated heterocycles. The van der Waals surface area contributed by atoms with Crippen LogP contribution in [0.2, 0.25) is 0 Å². The summed E-state index contributed by atoms with van der Waals surface area (Å²) in [5.41, 5.74) is 2.02. The Bertz CT molecular complexity index is 1280. The second-order valence-electron chi connectivity index (χ2n) is 6.30. The third-order valence-electron chi connectivity index (χ3n) is 4.55. The van der Waals surface area contributed by atoms with Gasteiger partial charge in [0.1, 0.15) is 17.5 Å². The molecular weight excluding hydrogens is 378 g/mol. The van der Waals surface area contributed by atoms with Gasteiger partial charge in [0.25, 0.3) is 10.0 Å². The SMILES string of the molecule is COc1cccc2c(-c3cncc[n+]3[O-])cn(S(=O)(=O)c3ccc(C)cc3)c12. The first kappa shape index (κ1) is 18.0. The summed E-state index contributed by atoms with van der Waals surface area (Å²) in [7, 11) is -2.44. The van der Waals surface area contributed by atoms with Gasteiger partial charge in [0.15, 0.2) is 6.20 Å². The van der Waals surface area contributed by atoms with Crippen molar-refractivity contribution >= 4 is 20.9 Å². The Morgan fingerprint density at radius 1 is 1.14 bits per heavy atom. The van der Waals surface area contributed by atoms with Gasteiger partial charge in [-0.2, -0.15) is 4.73 Å². The predicted molar refractivity (Wildman–Crippen MR) is 104 cm³/mol. The third kappa shape index (κ3) is 2.78. The molecule has 0 bridgehead atoms. The maximum atomic E-state index is 13.4. The first-order valence-corrected chi connectivity index (χ1v) is 9.91. The van der Waals surface area contributed by atoms with Crippen LogP contribution >= 0.6 is 0 Å². The average molecular weight is 395 g/mol. The fraction of sp³-hybridized carbons (Fsp3) is 0.100. The van der Waals surface area contributed by atoms with E-state index in [0.717, 1.165) is 9.54 Å². The van der Waals surface area contributed by atoms with E-state index in [0.29, 0.717) is 26.9 Å². The molecule has 2 aromatic heterocycles. The fourth-order valence-corrected chi connectivity index (χ4v) is 4.52. The molecule has 0 spiro atoms. The monoisotopic (exact) mass is 395 g/mol. The van der Waals surface area contributed by atoms with E-state index in [4.69, 9.17) is 4.74 Å². The van der Waals surface area contributed by atoms with Crippen molar-refractivity contribution in [3.8, 4) is 17.0 Å². The maximum absolute atomic E-state index is 13.4. The predicted octanol–water partition coefficient (Wildman–Crippen LogP) is 2.89. The molecular formula is C20H17N3O4S. The number of hydrogen-bond donors (Lipinski definition) is 0. The lowest BCUT2D eigenvalue weighted by molar-refractivity contribution is -0.594. The third-order valence-corrected chi connectivity index (χ3v) is 6.23. The van der Waals surface area contributed by atoms with Gasteiger partial charge in [-0.3, -0.25) is 4.98 Å². The lowest BCUT2D eigenvalue weighted by atomic mass is 10.1. The Balaban J connectivity index is 2.07. The second-order valence-corrected chi connectivity index (χ2v) is 8.12. The molecule has 2 aromatic carbocycles. The van der Waals surface area contributed by atoms with Gasteiger partial charge in [-0.25, -0.2) is 12.4 Å². The first-order valence-electron chi connectivity index (χ1n) is 8.47. The van der Waals surface area contributed by atoms with Crippen molar-refractivity contribution in [2.24, 2.45) is 0 Å². The van der Waals surface area contributed by atoms with Crippen LogP contribution in [0.15, 0.2) is 72.1 Å². The van der Waals surface area contributed by atoms with Crippen molar-refractivity contribution in [1.29, 1.82) is 0 Å². The number of methoxy groups -OCH3 is 1. The minimum atomic E-state index is -3.91. The molecule has 2 heterocycles. The fourth-order valence-electron chi connectivity index (χ4n) is 3.14. The number of aromatic nitrogens is 3. The van der Waals surface area contributed by atoms with Crippen LogP contribution in [-0.2, 0) is 10.0 Å². The van der Waals surface area contributed by atoms with Crippen LogP contribution < -0.4 is 9.47 Å². The van der Waals surface area contributed by atoms with Crippen LogP contribution in [-0.4, -0.2) is 24.5 Å². The minimum Gasteiger partial charge on any atom is -0.618 e. The molecule has 0 aliphatic rings. The molecule has 0 unspecified atom stereocenters. The largest absolute Gasteiger partial charge is 0.618 e. The van der Waals surface area contributed by atoms with Gasteiger partial charge in [-0.05, 0) is 25.1 Å². The number of aryl methyl sites for hydroxylation is 1. The molecule has 4 rings (SSSR count). The van der Waals surface area contributed by atoms with Crippen molar-refractivity contribution in [2.75, 3.05) is 7.11 Å². The Labute approximate surface area is 162 Å². The van der Waals surface area contributed by atoms with Crippen LogP contribution in [0.4, 0.5) is 0 Å². The number of hydrogen-bond acceptors (Lipinski definition) is 5. The van der Waals surface area contributed by atoms with Crippen molar-refractivity contribution in [3.63, 3.8) is 0 Å². The summed E-state index contributed by atoms with van der Waals surface area (Å²) in [5, 5.41) is 12.8. The van der Waals surface area contributed by atoms with Crippen molar-refractivity contribution < 1.29 is 17.9 Å². The molecule has 0 saturated carbocycles. The molecule has 0 radical (unpaired) electrons. The molecule has 0 amide bonds. The summed E-state index contributed by atoms with van der Waals surface area (Å²) >= 11 is 0. The molecule has 7 nitrogen and oxygen atoms in total. The quantitative estimate of drug-likeness (QED) is 0.392. The Morgan fingerprint density at radius 2 is 1.89 bits per heavy atom. The number of benzene rings is 2. The summed E-state index contributed by atoms with van der Waals surface area (Å²) < 4.78 is 34.0. The molecule has 0 atom stereocenters. The lowest BCUT2D eigenvalue weighted by Gasteiger charge is -2.10. The summed E-state index contributed by atoms with van der Waals surface area (Å²) in [6.45, 7) is 1.89. The number of nitrogens with zero attached hydrogens (tertiary/aromatic N) is 3. The van der Waals surface area contributed by atoms with Crippen LogP contribution in [0.25, 0.3) is 22.2 Å². The molecule has 0 N–H and O–H groups in total. The average Bonchev–Trinajstić information content (AvgIpc) is 3.09. The lowest BCUT2D eigenvalue weighted by Crippen LogP contribution is -2.28. The highest BCUT2D eigenvalue weighted by molar-refractivity contribution is 7.90. The van der Waals surface area contributed by atoms with Crippen LogP contribution in [0.5, 0.6) is 5.75 Å². The van der Waals surface area contributed by atoms with E-state index in [1.54, 1.807) is 42.5 Å². The van der Waals surface area contributed by atoms with Gasteiger partial charge < -0.3 is 9.94 Å². The van der Waals surface area contributed by atoms with Crippen LogP contribution in [0, 0.1) is 12.1 Å². The molecule has 0 fully saturated rings. The van der Waals surface area contributed by atoms with E-state index in [2.05, 4.69) is 4.98 Å². The van der Waals surface area contributed by atoms with E-state index >= 15 is 0 Å². The van der Waals surface area contributed by atoms with Gasteiger partial charge in [0, 0.05) is 11.6 Å². The van der Waals surface area contributed by atoms with Gasteiger partial charge in [0.05, 0.1) is 23.8 Å². The Hall–Kier alpha value is -3.39. The van der Waals surface area contributed by atoms with Crippen LogP contribution in [0.3, 0.4) is 0 Å². The highest BCUT2D eigenvalue weighted by atomic mass is 32.2. The van der Waals surface area contributed by atoms with Crippen molar-refractivity contribution in [1.82, 2.24) is 8.96 Å². The topological polar surface area (TPSA) is 88.1 Å². The van der Waals surface area contributed by atoms with Gasteiger partial charge >= 0.3 is 0 Å². The zero-order valence-electron chi connectivity index (χ0n) is 15.2. The van der Waals surface area contributed by atoms with E-state index < -0.39 is 10.0 Å². The standard InChI is InChI=1S/C20H17N3O4S/c1-14-6-8-15(9-7-14)28(25,26)23-13-17(18-12-21-10-11-22(18)24)16-4-3-5-19(27-2)20(16)23/h3-13H,1-2H3. The smallest absolute Gasteiger partial charge is 0.268 e. The Morgan fingerprint density at radius 3 is 2.57 bits per heavy atom. The number of ether oxygens (including phenoxy) is 1. The molecule has 0 aliphatic carbocycles. The summed E-state index contributed by atoms with van der Waals surface area (Å²) in [6.07, 6.45) is 5.49. The normalized spacial score (nSPS) is 11.6. The molecule has 4 aromatic rings. The maximum Gasteiger partial charge on any atom is 0.268 e. The van der Waals surface area contributed by atoms with Gasteiger partial charge in [-0.1, -0.05) is 29.8 Å². The molecule has 28 heavy (non-hydrogen) atoms. The van der Waals surface area contributed by atoms with E-state index in [1.165, 1.54) is 31.9 Å². The summed E-state index contributed by atoms with van der Waals surface area (Å²) in [5.74, 6) is 0.390. The zero-order chi connectivity index (χ0) is 19.9. The van der Waals surface area contributed by atoms with Gasteiger partial charge in [-0.15, -0.1) is 0 Å². The van der Waals surface area contributed by atoms with E-state index in [1.807, 2.05) is 6.92 Å². The summed E-state index contributed by atoms with van der Waals surface area (Å²) in [4.78, 5) is 4.15. The zero-order valence-corrected chi connectivity index (χ0v) is 16.1. The summed E-state index contributed by atoms with van der Waals surface area (Å²) in [6, 6.07) is 11.8. The van der Waals surface area contributed by atoms with Gasteiger partial charge in [0.2, 0.25) is 5.69 Å². The second kappa shape index (κ2) is 6.65. The molecule has 0 aliphatic heterocycles. The Kier molecular flexibility index (Phi) is 4.27. The highest BCUT2D eigenvalue weighted by Gasteiger charge is 2.26. The highest BCUT2D eigenvalue weighted by Crippen LogP contribution is 2.36. The van der Waals surface area contributed by atoms with Crippen molar-refractivity contribution in [3.05, 3.63) is 78.0 Å². The van der Waals surface area contributed by atoms with Crippen LogP contribution in [0.1, 0.15) is 5.56 Å². The van der Waals surface area contributed by atoms with E-state index in [-0.39, 0.29) is 10.6 Å². The minimum absolute atomic E-state index is 0.147. The number of para-hydroxylation sites is 1. The van der Waals surface area contributed by atoms with Crippen molar-refractivity contribution in [2.45, 2.75) is 11.8 Å².